The third-order valence-electron chi connectivity index (χ3n) is 3.68. The van der Waals surface area contributed by atoms with Gasteiger partial charge in [0.2, 0.25) is 0 Å². The Labute approximate surface area is 150 Å². The minimum atomic E-state index is -0.527. The number of ether oxygens (including phenoxy) is 1. The summed E-state index contributed by atoms with van der Waals surface area (Å²) in [6.45, 7) is 2.90. The zero-order valence-corrected chi connectivity index (χ0v) is 15.1. The summed E-state index contributed by atoms with van der Waals surface area (Å²) in [5.41, 5.74) is 0.366. The number of halogens is 1. The Hall–Kier alpha value is -2.17. The van der Waals surface area contributed by atoms with Gasteiger partial charge < -0.3 is 9.72 Å². The monoisotopic (exact) mass is 361 g/mol. The molecule has 0 aliphatic heterocycles. The van der Waals surface area contributed by atoms with Crippen LogP contribution < -0.4 is 5.56 Å². The number of nitrogens with zero attached hydrogens (tertiary/aromatic N) is 2. The highest BCUT2D eigenvalue weighted by Gasteiger charge is 2.15. The molecule has 0 bridgehead atoms. The fourth-order valence-corrected chi connectivity index (χ4v) is 2.69. The first kappa shape index (κ1) is 19.2. The number of hydrogen-bond acceptors (Lipinski definition) is 5. The van der Waals surface area contributed by atoms with Crippen LogP contribution in [-0.2, 0) is 11.3 Å². The molecular formula is C18H20FN3O2S. The van der Waals surface area contributed by atoms with Gasteiger partial charge in [-0.05, 0) is 18.7 Å². The molecule has 0 spiro atoms. The lowest BCUT2D eigenvalue weighted by atomic mass is 10.1. The van der Waals surface area contributed by atoms with Gasteiger partial charge in [0.15, 0.2) is 5.16 Å². The average Bonchev–Trinajstić information content (AvgIpc) is 2.61. The van der Waals surface area contributed by atoms with E-state index >= 15 is 0 Å². The van der Waals surface area contributed by atoms with Crippen LogP contribution >= 0.6 is 11.8 Å². The van der Waals surface area contributed by atoms with Crippen molar-refractivity contribution in [2.75, 3.05) is 12.9 Å². The summed E-state index contributed by atoms with van der Waals surface area (Å²) in [6.07, 6.45) is 4.91. The summed E-state index contributed by atoms with van der Waals surface area (Å²) in [5, 5.41) is 9.58. The number of unbranched alkanes of at least 4 members (excludes halogenated alkanes) is 2. The minimum Gasteiger partial charge on any atom is -0.377 e. The molecule has 0 saturated carbocycles. The van der Waals surface area contributed by atoms with Gasteiger partial charge in [-0.3, -0.25) is 4.79 Å². The molecule has 132 valence electrons. The SMILES string of the molecule is CCCCCOCc1ccc(-c2nc(SC)[nH]c(=O)c2C#N)cc1F. The van der Waals surface area contributed by atoms with Crippen molar-refractivity contribution in [1.29, 1.82) is 5.26 Å². The molecule has 0 aliphatic rings. The van der Waals surface area contributed by atoms with Crippen molar-refractivity contribution in [2.45, 2.75) is 37.9 Å². The van der Waals surface area contributed by atoms with Crippen LogP contribution in [0.1, 0.15) is 37.3 Å². The lowest BCUT2D eigenvalue weighted by Crippen LogP contribution is -2.14. The van der Waals surface area contributed by atoms with Crippen molar-refractivity contribution in [3.63, 3.8) is 0 Å². The first-order chi connectivity index (χ1) is 12.1. The number of thioether (sulfide) groups is 1. The Morgan fingerprint density at radius 1 is 1.40 bits per heavy atom. The molecule has 1 aromatic carbocycles. The largest absolute Gasteiger partial charge is 0.377 e. The number of H-pyrrole nitrogens is 1. The second-order valence-electron chi connectivity index (χ2n) is 5.48. The lowest BCUT2D eigenvalue weighted by molar-refractivity contribution is 0.115. The summed E-state index contributed by atoms with van der Waals surface area (Å²) in [4.78, 5) is 18.7. The second kappa shape index (κ2) is 9.35. The summed E-state index contributed by atoms with van der Waals surface area (Å²) in [5.74, 6) is -0.440. The van der Waals surface area contributed by atoms with Crippen LogP contribution in [-0.4, -0.2) is 22.8 Å². The van der Waals surface area contributed by atoms with E-state index < -0.39 is 11.4 Å². The fraction of sp³-hybridized carbons (Fsp3) is 0.389. The number of nitriles is 1. The van der Waals surface area contributed by atoms with Crippen molar-refractivity contribution < 1.29 is 9.13 Å². The third kappa shape index (κ3) is 4.91. The van der Waals surface area contributed by atoms with Crippen LogP contribution in [0.15, 0.2) is 28.2 Å². The van der Waals surface area contributed by atoms with E-state index in [0.29, 0.717) is 22.9 Å². The summed E-state index contributed by atoms with van der Waals surface area (Å²) >= 11 is 1.25. The highest BCUT2D eigenvalue weighted by molar-refractivity contribution is 7.98. The molecule has 1 N–H and O–H groups in total. The second-order valence-corrected chi connectivity index (χ2v) is 6.27. The van der Waals surface area contributed by atoms with Crippen molar-refractivity contribution in [3.8, 4) is 17.3 Å². The molecule has 25 heavy (non-hydrogen) atoms. The van der Waals surface area contributed by atoms with Crippen LogP contribution in [0.4, 0.5) is 4.39 Å². The number of rotatable bonds is 8. The molecule has 0 amide bonds. The topological polar surface area (TPSA) is 78.8 Å². The minimum absolute atomic E-state index is 0.124. The number of benzene rings is 1. The lowest BCUT2D eigenvalue weighted by Gasteiger charge is -2.09. The van der Waals surface area contributed by atoms with Crippen molar-refractivity contribution in [1.82, 2.24) is 9.97 Å². The standard InChI is InChI=1S/C18H20FN3O2S/c1-3-4-5-8-24-11-13-7-6-12(9-15(13)19)16-14(10-20)17(23)22-18(21-16)25-2/h6-7,9H,3-5,8,11H2,1-2H3,(H,21,22,23). The van der Waals surface area contributed by atoms with E-state index in [1.165, 1.54) is 17.8 Å². The molecule has 0 aliphatic carbocycles. The molecule has 2 aromatic rings. The maximum absolute atomic E-state index is 14.3. The highest BCUT2D eigenvalue weighted by atomic mass is 32.2. The van der Waals surface area contributed by atoms with E-state index in [9.17, 15) is 14.4 Å². The van der Waals surface area contributed by atoms with Crippen LogP contribution in [0, 0.1) is 17.1 Å². The number of hydrogen-bond donors (Lipinski definition) is 1. The van der Waals surface area contributed by atoms with E-state index in [2.05, 4.69) is 16.9 Å². The average molecular weight is 361 g/mol. The fourth-order valence-electron chi connectivity index (χ4n) is 2.31. The Morgan fingerprint density at radius 3 is 2.84 bits per heavy atom. The van der Waals surface area contributed by atoms with Crippen LogP contribution in [0.2, 0.25) is 0 Å². The summed E-state index contributed by atoms with van der Waals surface area (Å²) in [7, 11) is 0. The quantitative estimate of drug-likeness (QED) is 0.438. The molecule has 0 unspecified atom stereocenters. The van der Waals surface area contributed by atoms with Crippen LogP contribution in [0.3, 0.4) is 0 Å². The van der Waals surface area contributed by atoms with Gasteiger partial charge in [-0.15, -0.1) is 0 Å². The molecule has 0 radical (unpaired) electrons. The Kier molecular flexibility index (Phi) is 7.16. The van der Waals surface area contributed by atoms with Gasteiger partial charge in [0, 0.05) is 17.7 Å². The van der Waals surface area contributed by atoms with Gasteiger partial charge in [0.1, 0.15) is 17.4 Å². The molecule has 2 rings (SSSR count). The van der Waals surface area contributed by atoms with E-state index in [4.69, 9.17) is 4.74 Å². The molecule has 1 aromatic heterocycles. The maximum Gasteiger partial charge on any atom is 0.270 e. The smallest absolute Gasteiger partial charge is 0.270 e. The van der Waals surface area contributed by atoms with Crippen molar-refractivity contribution >= 4 is 11.8 Å². The maximum atomic E-state index is 14.3. The van der Waals surface area contributed by atoms with E-state index in [-0.39, 0.29) is 17.9 Å². The summed E-state index contributed by atoms with van der Waals surface area (Å²) in [6, 6.07) is 6.39. The molecule has 7 heteroatoms. The van der Waals surface area contributed by atoms with Gasteiger partial charge in [-0.25, -0.2) is 9.37 Å². The van der Waals surface area contributed by atoms with Gasteiger partial charge in [0.05, 0.1) is 12.3 Å². The van der Waals surface area contributed by atoms with Gasteiger partial charge in [-0.1, -0.05) is 43.7 Å². The first-order valence-corrected chi connectivity index (χ1v) is 9.28. The zero-order chi connectivity index (χ0) is 18.2. The molecule has 0 fully saturated rings. The van der Waals surface area contributed by atoms with Gasteiger partial charge in [0.25, 0.3) is 5.56 Å². The molecule has 1 heterocycles. The van der Waals surface area contributed by atoms with E-state index in [1.807, 2.05) is 6.07 Å². The number of nitrogens with one attached hydrogen (secondary N) is 1. The third-order valence-corrected chi connectivity index (χ3v) is 4.26. The number of aromatic nitrogens is 2. The Balaban J connectivity index is 2.25. The Bertz CT molecular complexity index is 830. The summed E-state index contributed by atoms with van der Waals surface area (Å²) < 4.78 is 19.8. The zero-order valence-electron chi connectivity index (χ0n) is 14.3. The molecular weight excluding hydrogens is 341 g/mol. The first-order valence-electron chi connectivity index (χ1n) is 8.05. The normalized spacial score (nSPS) is 10.6. The van der Waals surface area contributed by atoms with Crippen molar-refractivity contribution in [3.05, 3.63) is 45.5 Å². The van der Waals surface area contributed by atoms with E-state index in [1.54, 1.807) is 18.4 Å². The van der Waals surface area contributed by atoms with Crippen molar-refractivity contribution in [2.24, 2.45) is 0 Å². The van der Waals surface area contributed by atoms with Crippen LogP contribution in [0.5, 0.6) is 0 Å². The molecule has 0 atom stereocenters. The van der Waals surface area contributed by atoms with E-state index in [0.717, 1.165) is 19.3 Å². The van der Waals surface area contributed by atoms with Gasteiger partial charge >= 0.3 is 0 Å². The van der Waals surface area contributed by atoms with Crippen LogP contribution in [0.25, 0.3) is 11.3 Å². The predicted octanol–water partition coefficient (Wildman–Crippen LogP) is 3.88. The molecule has 5 nitrogen and oxygen atoms in total. The predicted molar refractivity (Wildman–Crippen MR) is 95.9 cm³/mol. The number of aromatic amines is 1. The highest BCUT2D eigenvalue weighted by Crippen LogP contribution is 2.23. The molecule has 0 saturated heterocycles. The Morgan fingerprint density at radius 2 is 2.20 bits per heavy atom. The van der Waals surface area contributed by atoms with Gasteiger partial charge in [-0.2, -0.15) is 5.26 Å².